The van der Waals surface area contributed by atoms with Crippen LogP contribution >= 0.6 is 0 Å². The predicted molar refractivity (Wildman–Crippen MR) is 139 cm³/mol. The first-order valence-electron chi connectivity index (χ1n) is 11.5. The second-order valence-corrected chi connectivity index (χ2v) is 10.4. The molecular formula is C28H22N4O3S. The van der Waals surface area contributed by atoms with Gasteiger partial charge in [0.1, 0.15) is 6.54 Å². The number of nitrogens with one attached hydrogen (secondary N) is 1. The minimum Gasteiger partial charge on any atom is -0.350 e. The van der Waals surface area contributed by atoms with E-state index < -0.39 is 15.9 Å². The van der Waals surface area contributed by atoms with E-state index in [0.717, 1.165) is 27.9 Å². The zero-order valence-electron chi connectivity index (χ0n) is 19.2. The highest BCUT2D eigenvalue weighted by molar-refractivity contribution is 7.93. The monoisotopic (exact) mass is 494 g/mol. The van der Waals surface area contributed by atoms with Gasteiger partial charge >= 0.3 is 0 Å². The highest BCUT2D eigenvalue weighted by Crippen LogP contribution is 2.41. The van der Waals surface area contributed by atoms with Crippen molar-refractivity contribution < 1.29 is 13.2 Å². The number of rotatable bonds is 6. The molecule has 0 radical (unpaired) electrons. The van der Waals surface area contributed by atoms with Crippen LogP contribution in [0.5, 0.6) is 0 Å². The van der Waals surface area contributed by atoms with E-state index in [4.69, 9.17) is 5.10 Å². The fourth-order valence-electron chi connectivity index (χ4n) is 4.60. The largest absolute Gasteiger partial charge is 0.350 e. The molecule has 4 aromatic carbocycles. The van der Waals surface area contributed by atoms with Crippen LogP contribution in [-0.2, 0) is 21.4 Å². The van der Waals surface area contributed by atoms with E-state index in [1.807, 2.05) is 79.0 Å². The van der Waals surface area contributed by atoms with Gasteiger partial charge in [0.25, 0.3) is 10.0 Å². The normalized spacial score (nSPS) is 13.7. The Hall–Kier alpha value is -4.43. The molecule has 8 heteroatoms. The van der Waals surface area contributed by atoms with Crippen molar-refractivity contribution in [3.63, 3.8) is 0 Å². The van der Waals surface area contributed by atoms with E-state index in [2.05, 4.69) is 5.32 Å². The number of sulfonamides is 1. The van der Waals surface area contributed by atoms with Crippen LogP contribution in [0.25, 0.3) is 27.7 Å². The van der Waals surface area contributed by atoms with Crippen molar-refractivity contribution in [2.75, 3.05) is 10.8 Å². The number of aromatic nitrogens is 2. The number of nitrogens with zero attached hydrogens (tertiary/aromatic N) is 3. The molecule has 7 nitrogen and oxygen atoms in total. The lowest BCUT2D eigenvalue weighted by molar-refractivity contribution is -0.119. The molecule has 1 aromatic heterocycles. The molecule has 0 atom stereocenters. The molecular weight excluding hydrogens is 472 g/mol. The molecule has 1 aliphatic rings. The Balaban J connectivity index is 1.26. The van der Waals surface area contributed by atoms with Crippen LogP contribution < -0.4 is 9.62 Å². The van der Waals surface area contributed by atoms with E-state index >= 15 is 0 Å². The fourth-order valence-corrected chi connectivity index (χ4v) is 6.27. The van der Waals surface area contributed by atoms with Crippen molar-refractivity contribution in [3.05, 3.63) is 109 Å². The lowest BCUT2D eigenvalue weighted by Crippen LogP contribution is -2.38. The van der Waals surface area contributed by atoms with E-state index in [1.54, 1.807) is 28.9 Å². The maximum atomic E-state index is 13.2. The van der Waals surface area contributed by atoms with Gasteiger partial charge in [0, 0.05) is 29.3 Å². The van der Waals surface area contributed by atoms with Gasteiger partial charge in [0.15, 0.2) is 0 Å². The molecule has 178 valence electrons. The number of amides is 1. The van der Waals surface area contributed by atoms with Gasteiger partial charge in [-0.1, -0.05) is 72.8 Å². The van der Waals surface area contributed by atoms with Crippen LogP contribution in [0.3, 0.4) is 0 Å². The third-order valence-corrected chi connectivity index (χ3v) is 8.10. The van der Waals surface area contributed by atoms with Gasteiger partial charge in [0.2, 0.25) is 5.91 Å². The number of carbonyl (C=O) groups is 1. The first-order chi connectivity index (χ1) is 17.5. The fraction of sp³-hybridized carbons (Fsp3) is 0.0714. The number of hydrogen-bond donors (Lipinski definition) is 1. The van der Waals surface area contributed by atoms with Crippen LogP contribution in [0.4, 0.5) is 5.69 Å². The molecule has 0 aliphatic carbocycles. The van der Waals surface area contributed by atoms with E-state index in [1.165, 1.54) is 4.31 Å². The summed E-state index contributed by atoms with van der Waals surface area (Å²) in [5, 5.41) is 9.15. The Bertz CT molecular complexity index is 1690. The standard InChI is InChI=1S/C28H22N4O3S/c33-26(19-32-24-15-7-11-20-12-8-16-25(27(20)24)36(32,34)35)29-17-22-18-31(23-13-5-2-6-14-23)30-28(22)21-9-3-1-4-10-21/h1-16,18H,17,19H2,(H,29,33). The third-order valence-electron chi connectivity index (χ3n) is 6.30. The highest BCUT2D eigenvalue weighted by atomic mass is 32.2. The summed E-state index contributed by atoms with van der Waals surface area (Å²) < 4.78 is 29.4. The van der Waals surface area contributed by atoms with Crippen molar-refractivity contribution in [2.24, 2.45) is 0 Å². The molecule has 1 amide bonds. The minimum atomic E-state index is -3.80. The number of benzene rings is 4. The summed E-state index contributed by atoms with van der Waals surface area (Å²) >= 11 is 0. The summed E-state index contributed by atoms with van der Waals surface area (Å²) in [6.45, 7) is -0.0927. The van der Waals surface area contributed by atoms with Gasteiger partial charge < -0.3 is 5.32 Å². The van der Waals surface area contributed by atoms with Gasteiger partial charge in [-0.05, 0) is 29.7 Å². The molecule has 0 unspecified atom stereocenters. The Labute approximate surface area is 208 Å². The minimum absolute atomic E-state index is 0.209. The molecule has 0 spiro atoms. The van der Waals surface area contributed by atoms with Crippen LogP contribution in [0, 0.1) is 0 Å². The molecule has 1 aliphatic heterocycles. The SMILES string of the molecule is O=C(CN1c2cccc3cccc(c23)S1(=O)=O)NCc1cn(-c2ccccc2)nc1-c1ccccc1. The Kier molecular flexibility index (Phi) is 5.30. The summed E-state index contributed by atoms with van der Waals surface area (Å²) in [5.41, 5.74) is 3.95. The van der Waals surface area contributed by atoms with Crippen LogP contribution in [0.1, 0.15) is 5.56 Å². The predicted octanol–water partition coefficient (Wildman–Crippen LogP) is 4.52. The average molecular weight is 495 g/mol. The molecule has 0 saturated carbocycles. The maximum absolute atomic E-state index is 13.2. The first kappa shape index (κ1) is 22.1. The number of anilines is 1. The van der Waals surface area contributed by atoms with Gasteiger partial charge in [0.05, 0.1) is 22.0 Å². The van der Waals surface area contributed by atoms with Gasteiger partial charge in [-0.3, -0.25) is 9.10 Å². The van der Waals surface area contributed by atoms with Crippen molar-refractivity contribution in [1.82, 2.24) is 15.1 Å². The van der Waals surface area contributed by atoms with Crippen LogP contribution in [0.15, 0.2) is 108 Å². The molecule has 0 fully saturated rings. The summed E-state index contributed by atoms with van der Waals surface area (Å²) in [7, 11) is -3.80. The van der Waals surface area contributed by atoms with Gasteiger partial charge in [-0.25, -0.2) is 13.1 Å². The zero-order valence-corrected chi connectivity index (χ0v) is 20.0. The van der Waals surface area contributed by atoms with Crippen LogP contribution in [0.2, 0.25) is 0 Å². The van der Waals surface area contributed by atoms with Crippen molar-refractivity contribution in [1.29, 1.82) is 0 Å². The molecule has 1 N–H and O–H groups in total. The Morgan fingerprint density at radius 3 is 2.28 bits per heavy atom. The van der Waals surface area contributed by atoms with Gasteiger partial charge in [-0.15, -0.1) is 0 Å². The second kappa shape index (κ2) is 8.66. The summed E-state index contributed by atoms with van der Waals surface area (Å²) in [4.78, 5) is 13.2. The number of hydrogen-bond acceptors (Lipinski definition) is 4. The molecule has 2 heterocycles. The highest BCUT2D eigenvalue weighted by Gasteiger charge is 2.36. The van der Waals surface area contributed by atoms with E-state index in [-0.39, 0.29) is 18.0 Å². The second-order valence-electron chi connectivity index (χ2n) is 8.57. The van der Waals surface area contributed by atoms with Crippen LogP contribution in [-0.4, -0.2) is 30.7 Å². The third kappa shape index (κ3) is 3.72. The van der Waals surface area contributed by atoms with Crippen molar-refractivity contribution in [2.45, 2.75) is 11.4 Å². The molecule has 0 saturated heterocycles. The summed E-state index contributed by atoms with van der Waals surface area (Å²) in [5.74, 6) is -0.394. The molecule has 6 rings (SSSR count). The lowest BCUT2D eigenvalue weighted by Gasteiger charge is -2.18. The zero-order chi connectivity index (χ0) is 24.7. The molecule has 0 bridgehead atoms. The quantitative estimate of drug-likeness (QED) is 0.376. The topological polar surface area (TPSA) is 84.3 Å². The van der Waals surface area contributed by atoms with Crippen molar-refractivity contribution >= 4 is 32.4 Å². The molecule has 36 heavy (non-hydrogen) atoms. The first-order valence-corrected chi connectivity index (χ1v) is 13.0. The Morgan fingerprint density at radius 2 is 1.53 bits per heavy atom. The van der Waals surface area contributed by atoms with Gasteiger partial charge in [-0.2, -0.15) is 5.10 Å². The average Bonchev–Trinajstić information content (AvgIpc) is 3.43. The summed E-state index contributed by atoms with van der Waals surface area (Å²) in [6.07, 6.45) is 1.89. The van der Waals surface area contributed by atoms with E-state index in [0.29, 0.717) is 11.1 Å². The Morgan fingerprint density at radius 1 is 0.833 bits per heavy atom. The molecule has 5 aromatic rings. The maximum Gasteiger partial charge on any atom is 0.265 e. The number of para-hydroxylation sites is 1. The van der Waals surface area contributed by atoms with Crippen molar-refractivity contribution in [3.8, 4) is 16.9 Å². The summed E-state index contributed by atoms with van der Waals surface area (Å²) in [6, 6.07) is 30.1. The smallest absolute Gasteiger partial charge is 0.265 e. The number of carbonyl (C=O) groups excluding carboxylic acids is 1. The lowest BCUT2D eigenvalue weighted by atomic mass is 10.1. The van der Waals surface area contributed by atoms with E-state index in [9.17, 15) is 13.2 Å².